The van der Waals surface area contributed by atoms with E-state index in [1.807, 2.05) is 12.1 Å². The molecule has 0 saturated heterocycles. The fraction of sp³-hybridized carbons (Fsp3) is 0.294. The smallest absolute Gasteiger partial charge is 0.123 e. The number of nitrogens with two attached hydrogens (primary N) is 1. The second-order valence-electron chi connectivity index (χ2n) is 5.18. The van der Waals surface area contributed by atoms with Crippen molar-refractivity contribution < 1.29 is 4.39 Å². The maximum Gasteiger partial charge on any atom is 0.123 e. The number of hydrogen-bond acceptors (Lipinski definition) is 2. The molecule has 0 aromatic heterocycles. The maximum absolute atomic E-state index is 13.0. The van der Waals surface area contributed by atoms with Crippen LogP contribution in [0.25, 0.3) is 0 Å². The summed E-state index contributed by atoms with van der Waals surface area (Å²) < 4.78 is 13.0. The van der Waals surface area contributed by atoms with E-state index in [1.54, 1.807) is 11.8 Å². The molecule has 1 aliphatic rings. The van der Waals surface area contributed by atoms with Gasteiger partial charge in [-0.1, -0.05) is 18.2 Å². The Labute approximate surface area is 123 Å². The molecular weight excluding hydrogens is 269 g/mol. The van der Waals surface area contributed by atoms with Gasteiger partial charge in [0.2, 0.25) is 0 Å². The molecule has 0 heterocycles. The highest BCUT2D eigenvalue weighted by molar-refractivity contribution is 7.99. The van der Waals surface area contributed by atoms with Gasteiger partial charge in [0.05, 0.1) is 0 Å². The molecule has 2 aromatic carbocycles. The molecule has 0 spiro atoms. The van der Waals surface area contributed by atoms with E-state index in [4.69, 9.17) is 5.73 Å². The van der Waals surface area contributed by atoms with E-state index in [9.17, 15) is 4.39 Å². The van der Waals surface area contributed by atoms with Crippen LogP contribution in [0.3, 0.4) is 0 Å². The van der Waals surface area contributed by atoms with Crippen molar-refractivity contribution >= 4 is 11.8 Å². The van der Waals surface area contributed by atoms with Crippen molar-refractivity contribution in [1.82, 2.24) is 0 Å². The molecule has 1 aliphatic carbocycles. The number of rotatable bonds is 4. The predicted octanol–water partition coefficient (Wildman–Crippen LogP) is 4.11. The average Bonchev–Trinajstić information content (AvgIpc) is 2.93. The van der Waals surface area contributed by atoms with Crippen molar-refractivity contribution in [3.63, 3.8) is 0 Å². The van der Waals surface area contributed by atoms with Gasteiger partial charge in [0.15, 0.2) is 0 Å². The van der Waals surface area contributed by atoms with Crippen LogP contribution in [0, 0.1) is 5.82 Å². The Morgan fingerprint density at radius 3 is 2.55 bits per heavy atom. The number of fused-ring (bicyclic) bond motifs is 1. The zero-order valence-corrected chi connectivity index (χ0v) is 12.1. The molecule has 0 amide bonds. The summed E-state index contributed by atoms with van der Waals surface area (Å²) in [7, 11) is 0. The van der Waals surface area contributed by atoms with Gasteiger partial charge >= 0.3 is 0 Å². The van der Waals surface area contributed by atoms with Crippen LogP contribution in [0.1, 0.15) is 28.4 Å². The van der Waals surface area contributed by atoms with E-state index in [0.717, 1.165) is 5.56 Å². The van der Waals surface area contributed by atoms with Crippen LogP contribution in [-0.4, -0.2) is 6.54 Å². The van der Waals surface area contributed by atoms with Gasteiger partial charge < -0.3 is 5.73 Å². The molecule has 0 saturated carbocycles. The summed E-state index contributed by atoms with van der Waals surface area (Å²) >= 11 is 1.77. The Kier molecular flexibility index (Phi) is 4.08. The van der Waals surface area contributed by atoms with E-state index >= 15 is 0 Å². The Hall–Kier alpha value is -1.32. The van der Waals surface area contributed by atoms with E-state index in [1.165, 1.54) is 47.4 Å². The van der Waals surface area contributed by atoms with Gasteiger partial charge in [0, 0.05) is 16.7 Å². The molecule has 2 aromatic rings. The number of hydrogen-bond donors (Lipinski definition) is 1. The topological polar surface area (TPSA) is 26.0 Å². The molecular formula is C17H18FNS. The van der Waals surface area contributed by atoms with Gasteiger partial charge in [-0.3, -0.25) is 0 Å². The van der Waals surface area contributed by atoms with Crippen molar-refractivity contribution in [2.24, 2.45) is 5.73 Å². The molecule has 1 unspecified atom stereocenters. The molecule has 1 nitrogen and oxygen atoms in total. The standard InChI is InChI=1S/C17H18FNS/c18-15-7-4-13(5-8-15)17(11-19)20-16-9-6-12-2-1-3-14(12)10-16/h4-10,17H,1-3,11,19H2. The second kappa shape index (κ2) is 5.98. The van der Waals surface area contributed by atoms with Crippen molar-refractivity contribution in [2.45, 2.75) is 29.4 Å². The molecule has 2 N–H and O–H groups in total. The third kappa shape index (κ3) is 2.89. The largest absolute Gasteiger partial charge is 0.329 e. The third-order valence-corrected chi connectivity index (χ3v) is 5.08. The minimum Gasteiger partial charge on any atom is -0.329 e. The number of aryl methyl sites for hydroxylation is 2. The fourth-order valence-electron chi connectivity index (χ4n) is 2.72. The summed E-state index contributed by atoms with van der Waals surface area (Å²) in [5, 5.41) is 0.176. The zero-order chi connectivity index (χ0) is 13.9. The monoisotopic (exact) mass is 287 g/mol. The second-order valence-corrected chi connectivity index (χ2v) is 6.45. The first-order valence-electron chi connectivity index (χ1n) is 7.00. The minimum absolute atomic E-state index is 0.176. The maximum atomic E-state index is 13.0. The minimum atomic E-state index is -0.202. The first kappa shape index (κ1) is 13.7. The highest BCUT2D eigenvalue weighted by Gasteiger charge is 2.15. The first-order chi connectivity index (χ1) is 9.76. The van der Waals surface area contributed by atoms with Crippen molar-refractivity contribution in [1.29, 1.82) is 0 Å². The van der Waals surface area contributed by atoms with Crippen LogP contribution in [0.2, 0.25) is 0 Å². The Balaban J connectivity index is 1.79. The number of benzene rings is 2. The summed E-state index contributed by atoms with van der Waals surface area (Å²) in [6.45, 7) is 0.549. The molecule has 0 fully saturated rings. The van der Waals surface area contributed by atoms with Gasteiger partial charge in [-0.25, -0.2) is 4.39 Å². The molecule has 3 rings (SSSR count). The third-order valence-electron chi connectivity index (χ3n) is 3.80. The summed E-state index contributed by atoms with van der Waals surface area (Å²) in [5.41, 5.74) is 9.93. The zero-order valence-electron chi connectivity index (χ0n) is 11.3. The lowest BCUT2D eigenvalue weighted by Gasteiger charge is -2.15. The van der Waals surface area contributed by atoms with Crippen LogP contribution in [0.4, 0.5) is 4.39 Å². The Morgan fingerprint density at radius 2 is 1.80 bits per heavy atom. The lowest BCUT2D eigenvalue weighted by molar-refractivity contribution is 0.627. The van der Waals surface area contributed by atoms with Gasteiger partial charge in [0.25, 0.3) is 0 Å². The lowest BCUT2D eigenvalue weighted by Crippen LogP contribution is -2.09. The van der Waals surface area contributed by atoms with Crippen LogP contribution >= 0.6 is 11.8 Å². The highest BCUT2D eigenvalue weighted by Crippen LogP contribution is 2.36. The van der Waals surface area contributed by atoms with Crippen molar-refractivity contribution in [3.8, 4) is 0 Å². The summed E-state index contributed by atoms with van der Waals surface area (Å²) in [6.07, 6.45) is 3.66. The molecule has 1 atom stereocenters. The van der Waals surface area contributed by atoms with E-state index in [2.05, 4.69) is 18.2 Å². The normalized spacial score (nSPS) is 15.1. The highest BCUT2D eigenvalue weighted by atomic mass is 32.2. The Morgan fingerprint density at radius 1 is 1.05 bits per heavy atom. The van der Waals surface area contributed by atoms with Crippen molar-refractivity contribution in [3.05, 3.63) is 65.0 Å². The van der Waals surface area contributed by atoms with Crippen molar-refractivity contribution in [2.75, 3.05) is 6.54 Å². The van der Waals surface area contributed by atoms with Gasteiger partial charge in [-0.15, -0.1) is 11.8 Å². The quantitative estimate of drug-likeness (QED) is 0.857. The number of halogens is 1. The summed E-state index contributed by atoms with van der Waals surface area (Å²) in [5.74, 6) is -0.202. The molecule has 3 heteroatoms. The van der Waals surface area contributed by atoms with Crippen LogP contribution < -0.4 is 5.73 Å². The molecule has 104 valence electrons. The molecule has 20 heavy (non-hydrogen) atoms. The van der Waals surface area contributed by atoms with E-state index in [0.29, 0.717) is 6.54 Å². The van der Waals surface area contributed by atoms with Gasteiger partial charge in [-0.2, -0.15) is 0 Å². The lowest BCUT2D eigenvalue weighted by atomic mass is 10.1. The summed E-state index contributed by atoms with van der Waals surface area (Å²) in [6, 6.07) is 13.4. The first-order valence-corrected chi connectivity index (χ1v) is 7.88. The van der Waals surface area contributed by atoms with Crippen LogP contribution in [-0.2, 0) is 12.8 Å². The van der Waals surface area contributed by atoms with Crippen LogP contribution in [0.15, 0.2) is 47.4 Å². The van der Waals surface area contributed by atoms with E-state index in [-0.39, 0.29) is 11.1 Å². The molecule has 0 bridgehead atoms. The number of thioether (sulfide) groups is 1. The van der Waals surface area contributed by atoms with Crippen LogP contribution in [0.5, 0.6) is 0 Å². The molecule has 0 aliphatic heterocycles. The van der Waals surface area contributed by atoms with Gasteiger partial charge in [0.1, 0.15) is 5.82 Å². The summed E-state index contributed by atoms with van der Waals surface area (Å²) in [4.78, 5) is 1.26. The predicted molar refractivity (Wildman–Crippen MR) is 82.5 cm³/mol. The average molecular weight is 287 g/mol. The van der Waals surface area contributed by atoms with E-state index < -0.39 is 0 Å². The molecule has 0 radical (unpaired) electrons. The Bertz CT molecular complexity index is 594. The van der Waals surface area contributed by atoms with Gasteiger partial charge in [-0.05, 0) is 60.2 Å². The fourth-order valence-corrected chi connectivity index (χ4v) is 3.79. The SMILES string of the molecule is NCC(Sc1ccc2c(c1)CCC2)c1ccc(F)cc1.